The second-order valence-electron chi connectivity index (χ2n) is 9.76. The van der Waals surface area contributed by atoms with Crippen molar-refractivity contribution in [3.05, 3.63) is 83.4 Å². The minimum Gasteiger partial charge on any atom is -0.508 e. The van der Waals surface area contributed by atoms with Crippen LogP contribution in [0, 0.1) is 5.92 Å². The Bertz CT molecular complexity index is 1280. The van der Waals surface area contributed by atoms with Gasteiger partial charge in [0.25, 0.3) is 0 Å². The van der Waals surface area contributed by atoms with Gasteiger partial charge in [-0.25, -0.2) is 4.39 Å². The summed E-state index contributed by atoms with van der Waals surface area (Å²) in [4.78, 5) is 1.97. The first-order valence-electron chi connectivity index (χ1n) is 12.6. The van der Waals surface area contributed by atoms with Crippen LogP contribution in [-0.4, -0.2) is 54.2 Å². The lowest BCUT2D eigenvalue weighted by Crippen LogP contribution is -2.39. The molecule has 1 fully saturated rings. The molecule has 3 aromatic rings. The molecule has 2 aliphatic heterocycles. The van der Waals surface area contributed by atoms with E-state index >= 15 is 0 Å². The largest absolute Gasteiger partial charge is 0.508 e. The number of alkyl halides is 2. The average molecular weight is 508 g/mol. The number of halogens is 2. The summed E-state index contributed by atoms with van der Waals surface area (Å²) in [6.07, 6.45) is 0.300. The minimum atomic E-state index is -0.542. The molecular weight excluding hydrogens is 476 g/mol. The lowest BCUT2D eigenvalue weighted by molar-refractivity contribution is 0.129. The fourth-order valence-corrected chi connectivity index (χ4v) is 5.22. The third-order valence-electron chi connectivity index (χ3n) is 7.29. The van der Waals surface area contributed by atoms with E-state index in [2.05, 4.69) is 0 Å². The molecule has 0 bridgehead atoms. The van der Waals surface area contributed by atoms with Gasteiger partial charge in [0.2, 0.25) is 0 Å². The van der Waals surface area contributed by atoms with Crippen molar-refractivity contribution >= 4 is 11.1 Å². The van der Waals surface area contributed by atoms with Crippen LogP contribution in [0.4, 0.5) is 8.78 Å². The number of fused-ring (bicyclic) bond motifs is 1. The maximum atomic E-state index is 13.7. The quantitative estimate of drug-likeness (QED) is 0.382. The normalized spacial score (nSPS) is 20.4. The maximum Gasteiger partial charge on any atom is 0.150 e. The van der Waals surface area contributed by atoms with Crippen molar-refractivity contribution in [2.75, 3.05) is 33.0 Å². The van der Waals surface area contributed by atoms with Crippen LogP contribution < -0.4 is 9.47 Å². The fraction of sp³-hybridized carbons (Fsp3) is 0.333. The van der Waals surface area contributed by atoms with E-state index in [-0.39, 0.29) is 30.7 Å². The summed E-state index contributed by atoms with van der Waals surface area (Å²) in [7, 11) is 0. The lowest BCUT2D eigenvalue weighted by atomic mass is 9.86. The first kappa shape index (κ1) is 25.1. The molecule has 5 rings (SSSR count). The number of hydrogen-bond acceptors (Lipinski definition) is 5. The van der Waals surface area contributed by atoms with Crippen LogP contribution in [0.25, 0.3) is 11.1 Å². The van der Waals surface area contributed by atoms with Crippen LogP contribution in [0.15, 0.2) is 66.7 Å². The number of phenolic OH excluding ortho intramolecular Hbond substituents is 2. The van der Waals surface area contributed by atoms with Gasteiger partial charge >= 0.3 is 0 Å². The van der Waals surface area contributed by atoms with Crippen LogP contribution in [0.2, 0.25) is 0 Å². The summed E-state index contributed by atoms with van der Waals surface area (Å²) in [5, 5.41) is 20.2. The number of likely N-dealkylation sites (tertiary alicyclic amines) is 1. The molecule has 3 unspecified atom stereocenters. The fourth-order valence-electron chi connectivity index (χ4n) is 5.22. The molecule has 1 saturated heterocycles. The van der Waals surface area contributed by atoms with E-state index < -0.39 is 18.8 Å². The molecule has 0 aliphatic carbocycles. The molecule has 0 amide bonds. The first-order chi connectivity index (χ1) is 18.0. The zero-order chi connectivity index (χ0) is 25.9. The number of rotatable bonds is 8. The number of allylic oxidation sites excluding steroid dienone is 1. The van der Waals surface area contributed by atoms with Crippen molar-refractivity contribution in [3.63, 3.8) is 0 Å². The Morgan fingerprint density at radius 2 is 1.81 bits per heavy atom. The molecule has 5 nitrogen and oxygen atoms in total. The number of benzene rings is 3. The van der Waals surface area contributed by atoms with Crippen molar-refractivity contribution in [1.29, 1.82) is 0 Å². The maximum absolute atomic E-state index is 13.7. The van der Waals surface area contributed by atoms with Gasteiger partial charge in [-0.3, -0.25) is 9.29 Å². The standard InChI is InChI=1S/C30H31F2NO4/c1-19-27-14-25(35)7-10-28(27)37-30(29(19)22-3-2-4-24(34)13-22)21-5-8-26(9-6-21)36-18-23(16-32)33-12-11-20(15-31)17-33/h2-10,13-14,20,23,30,34-35H,11-12,15-18H2,1H3. The molecule has 0 spiro atoms. The van der Waals surface area contributed by atoms with Gasteiger partial charge < -0.3 is 19.7 Å². The van der Waals surface area contributed by atoms with Gasteiger partial charge in [0.05, 0.1) is 12.7 Å². The van der Waals surface area contributed by atoms with Crippen LogP contribution in [0.1, 0.15) is 36.1 Å². The van der Waals surface area contributed by atoms with Crippen molar-refractivity contribution in [3.8, 4) is 23.0 Å². The summed E-state index contributed by atoms with van der Waals surface area (Å²) in [5.41, 5.74) is 4.33. The molecule has 2 heterocycles. The van der Waals surface area contributed by atoms with Crippen molar-refractivity contribution in [1.82, 2.24) is 4.90 Å². The molecule has 7 heteroatoms. The smallest absolute Gasteiger partial charge is 0.150 e. The summed E-state index contributed by atoms with van der Waals surface area (Å²) < 4.78 is 39.0. The Kier molecular flexibility index (Phi) is 7.33. The summed E-state index contributed by atoms with van der Waals surface area (Å²) >= 11 is 0. The van der Waals surface area contributed by atoms with E-state index in [1.807, 2.05) is 42.2 Å². The highest BCUT2D eigenvalue weighted by Crippen LogP contribution is 2.47. The SMILES string of the molecule is CC1=C(c2cccc(O)c2)C(c2ccc(OCC(CF)N3CCC(CF)C3)cc2)Oc2ccc(O)cc21. The molecule has 194 valence electrons. The van der Waals surface area contributed by atoms with Gasteiger partial charge in [-0.15, -0.1) is 0 Å². The van der Waals surface area contributed by atoms with E-state index in [1.165, 1.54) is 0 Å². The Morgan fingerprint density at radius 1 is 1.03 bits per heavy atom. The van der Waals surface area contributed by atoms with Crippen LogP contribution in [0.5, 0.6) is 23.0 Å². The molecule has 0 aromatic heterocycles. The molecular formula is C30H31F2NO4. The summed E-state index contributed by atoms with van der Waals surface area (Å²) in [6.45, 7) is 2.51. The summed E-state index contributed by atoms with van der Waals surface area (Å²) in [5.74, 6) is 1.56. The molecule has 0 saturated carbocycles. The minimum absolute atomic E-state index is 0.0184. The zero-order valence-corrected chi connectivity index (χ0v) is 20.7. The van der Waals surface area contributed by atoms with Crippen LogP contribution in [-0.2, 0) is 0 Å². The van der Waals surface area contributed by atoms with Crippen LogP contribution in [0.3, 0.4) is 0 Å². The number of hydrogen-bond donors (Lipinski definition) is 2. The van der Waals surface area contributed by atoms with E-state index in [4.69, 9.17) is 9.47 Å². The predicted molar refractivity (Wildman–Crippen MR) is 139 cm³/mol. The van der Waals surface area contributed by atoms with E-state index in [0.29, 0.717) is 24.6 Å². The Labute approximate surface area is 215 Å². The Balaban J connectivity index is 1.38. The van der Waals surface area contributed by atoms with Gasteiger partial charge in [0.1, 0.15) is 42.4 Å². The lowest BCUT2D eigenvalue weighted by Gasteiger charge is -2.31. The highest BCUT2D eigenvalue weighted by atomic mass is 19.1. The third-order valence-corrected chi connectivity index (χ3v) is 7.29. The van der Waals surface area contributed by atoms with Gasteiger partial charge in [-0.05, 0) is 79.1 Å². The second-order valence-corrected chi connectivity index (χ2v) is 9.76. The predicted octanol–water partition coefficient (Wildman–Crippen LogP) is 6.17. The van der Waals surface area contributed by atoms with E-state index in [9.17, 15) is 19.0 Å². The average Bonchev–Trinajstić information content (AvgIpc) is 3.39. The molecule has 37 heavy (non-hydrogen) atoms. The van der Waals surface area contributed by atoms with Gasteiger partial charge in [0.15, 0.2) is 0 Å². The van der Waals surface area contributed by atoms with Crippen LogP contribution >= 0.6 is 0 Å². The Morgan fingerprint density at radius 3 is 2.51 bits per heavy atom. The highest BCUT2D eigenvalue weighted by molar-refractivity contribution is 5.95. The monoisotopic (exact) mass is 507 g/mol. The molecule has 3 aromatic carbocycles. The number of nitrogens with zero attached hydrogens (tertiary/aromatic N) is 1. The highest BCUT2D eigenvalue weighted by Gasteiger charge is 2.31. The van der Waals surface area contributed by atoms with Gasteiger partial charge in [0, 0.05) is 23.6 Å². The van der Waals surface area contributed by atoms with Gasteiger partial charge in [-0.2, -0.15) is 0 Å². The topological polar surface area (TPSA) is 62.2 Å². The number of aromatic hydroxyl groups is 2. The molecule has 0 radical (unpaired) electrons. The molecule has 3 atom stereocenters. The third kappa shape index (κ3) is 5.27. The van der Waals surface area contributed by atoms with E-state index in [0.717, 1.165) is 34.3 Å². The number of ether oxygens (including phenoxy) is 2. The molecule has 2 N–H and O–H groups in total. The first-order valence-corrected chi connectivity index (χ1v) is 12.6. The second kappa shape index (κ2) is 10.8. The van der Waals surface area contributed by atoms with Crippen molar-refractivity contribution < 1.29 is 28.5 Å². The van der Waals surface area contributed by atoms with Crippen molar-refractivity contribution in [2.45, 2.75) is 25.5 Å². The summed E-state index contributed by atoms with van der Waals surface area (Å²) in [6, 6.07) is 19.2. The zero-order valence-electron chi connectivity index (χ0n) is 20.7. The number of phenols is 2. The Hall–Kier alpha value is -3.58. The van der Waals surface area contributed by atoms with E-state index in [1.54, 1.807) is 36.4 Å². The molecule has 2 aliphatic rings. The van der Waals surface area contributed by atoms with Gasteiger partial charge in [-0.1, -0.05) is 24.3 Å². The van der Waals surface area contributed by atoms with Crippen molar-refractivity contribution in [2.24, 2.45) is 5.92 Å².